The van der Waals surface area contributed by atoms with E-state index in [2.05, 4.69) is 206 Å². The van der Waals surface area contributed by atoms with Gasteiger partial charge in [-0.3, -0.25) is 0 Å². The highest BCUT2D eigenvalue weighted by molar-refractivity contribution is 7.96. The van der Waals surface area contributed by atoms with Gasteiger partial charge in [0.15, 0.2) is 19.6 Å². The van der Waals surface area contributed by atoms with Crippen molar-refractivity contribution < 1.29 is 0 Å². The third-order valence-corrected chi connectivity index (χ3v) is 16.1. The van der Waals surface area contributed by atoms with Gasteiger partial charge in [0.2, 0.25) is 0 Å². The summed E-state index contributed by atoms with van der Waals surface area (Å²) in [4.78, 5) is 24.2. The summed E-state index contributed by atoms with van der Waals surface area (Å²) in [6, 6.07) is 45.0. The van der Waals surface area contributed by atoms with Crippen molar-refractivity contribution in [3.05, 3.63) is 144 Å². The van der Waals surface area contributed by atoms with E-state index in [1.54, 1.807) is 0 Å². The van der Waals surface area contributed by atoms with Crippen molar-refractivity contribution in [1.29, 1.82) is 0 Å². The number of aromatic amines is 2. The lowest BCUT2D eigenvalue weighted by molar-refractivity contribution is 1.30. The van der Waals surface area contributed by atoms with E-state index in [0.717, 1.165) is 89.4 Å². The minimum absolute atomic E-state index is 0.154. The minimum Gasteiger partial charge on any atom is -0.354 e. The summed E-state index contributed by atoms with van der Waals surface area (Å²) in [6.07, 6.45) is 26.9. The predicted molar refractivity (Wildman–Crippen MR) is 271 cm³/mol. The molecule has 0 aliphatic carbocycles. The number of H-pyrrole nitrogens is 2. The lowest BCUT2D eigenvalue weighted by Crippen LogP contribution is -1.96. The van der Waals surface area contributed by atoms with Crippen molar-refractivity contribution in [2.75, 3.05) is 50.0 Å². The van der Waals surface area contributed by atoms with Gasteiger partial charge in [-0.25, -0.2) is 9.97 Å². The fourth-order valence-electron chi connectivity index (χ4n) is 8.00. The molecule has 4 nitrogen and oxygen atoms in total. The van der Waals surface area contributed by atoms with Crippen LogP contribution in [0.1, 0.15) is 22.8 Å². The molecule has 60 heavy (non-hydrogen) atoms. The Morgan fingerprint density at radius 3 is 0.667 bits per heavy atom. The van der Waals surface area contributed by atoms with Gasteiger partial charge in [0.25, 0.3) is 0 Å². The van der Waals surface area contributed by atoms with E-state index in [1.165, 1.54) is 19.6 Å². The summed E-state index contributed by atoms with van der Waals surface area (Å²) >= 11 is 0. The zero-order valence-corrected chi connectivity index (χ0v) is 38.6. The van der Waals surface area contributed by atoms with E-state index in [-0.39, 0.29) is 43.6 Å². The molecule has 5 heterocycles. The second kappa shape index (κ2) is 16.7. The van der Waals surface area contributed by atoms with E-state index in [1.807, 2.05) is 0 Å². The van der Waals surface area contributed by atoms with Crippen LogP contribution >= 0.6 is 0 Å². The summed E-state index contributed by atoms with van der Waals surface area (Å²) in [5, 5.41) is 0. The molecule has 2 aliphatic rings. The van der Waals surface area contributed by atoms with E-state index in [4.69, 9.17) is 9.97 Å². The molecule has 2 aliphatic heterocycles. The normalized spacial score (nSPS) is 12.5. The molecule has 4 aromatic carbocycles. The van der Waals surface area contributed by atoms with Crippen LogP contribution in [-0.4, -0.2) is 70.0 Å². The molecular weight excluding hydrogens is 809 g/mol. The minimum atomic E-state index is 0.154. The Morgan fingerprint density at radius 2 is 0.483 bits per heavy atom. The largest absolute Gasteiger partial charge is 0.354 e. The van der Waals surface area contributed by atoms with Crippen molar-refractivity contribution in [3.8, 4) is 44.5 Å². The van der Waals surface area contributed by atoms with Crippen LogP contribution in [0.5, 0.6) is 0 Å². The van der Waals surface area contributed by atoms with Crippen molar-refractivity contribution in [1.82, 2.24) is 19.9 Å². The standard InChI is InChI=1S/C52H50N4S4/c1-57(2)37-17-9-33(10-18-37)49-41-25-27-43(53-41)50(34-11-19-38(20-12-34)58(3)4)45-29-31-47(55-45)52(36-15-23-40(24-16-36)60(7)8)48-32-30-46(56-48)51(44-28-26-42(49)54-44)35-13-21-39(22-14-35)59(5)6/h9-32,53,56H,1-8H3/q+4. The molecule has 8 heteroatoms. The number of nitrogens with one attached hydrogen (secondary N) is 2. The summed E-state index contributed by atoms with van der Waals surface area (Å²) in [6.45, 7) is 0. The lowest BCUT2D eigenvalue weighted by atomic mass is 10.0. The Bertz CT molecular complexity index is 2550. The maximum atomic E-state index is 5.52. The zero-order chi connectivity index (χ0) is 41.7. The average Bonchev–Trinajstić information content (AvgIpc) is 4.10. The highest BCUT2D eigenvalue weighted by atomic mass is 32.2. The number of hydrogen-bond acceptors (Lipinski definition) is 2. The summed E-state index contributed by atoms with van der Waals surface area (Å²) in [7, 11) is 0.616. The van der Waals surface area contributed by atoms with Crippen LogP contribution in [0.25, 0.3) is 90.9 Å². The monoisotopic (exact) mass is 858 g/mol. The molecule has 0 spiro atoms. The number of benzene rings is 4. The first-order valence-corrected chi connectivity index (χ1v) is 28.1. The number of aromatic nitrogens is 4. The average molecular weight is 859 g/mol. The Hall–Kier alpha value is -5.12. The fraction of sp³-hybridized carbons (Fsp3) is 0.154. The lowest BCUT2D eigenvalue weighted by Gasteiger charge is -2.08. The van der Waals surface area contributed by atoms with Crippen LogP contribution in [-0.2, 0) is 43.6 Å². The molecule has 7 aromatic rings. The van der Waals surface area contributed by atoms with Crippen LogP contribution < -0.4 is 0 Å². The second-order valence-electron chi connectivity index (χ2n) is 15.9. The molecule has 9 rings (SSSR count). The molecule has 0 atom stereocenters. The van der Waals surface area contributed by atoms with Gasteiger partial charge in [-0.05, 0) is 168 Å². The number of nitrogens with zero attached hydrogens (tertiary/aromatic N) is 2. The first-order chi connectivity index (χ1) is 29.0. The van der Waals surface area contributed by atoms with Gasteiger partial charge in [0.1, 0.15) is 50.0 Å². The molecule has 3 aromatic heterocycles. The van der Waals surface area contributed by atoms with Gasteiger partial charge < -0.3 is 9.97 Å². The summed E-state index contributed by atoms with van der Waals surface area (Å²) < 4.78 is 0. The van der Waals surface area contributed by atoms with Gasteiger partial charge in [-0.1, -0.05) is 0 Å². The maximum absolute atomic E-state index is 5.52. The highest BCUT2D eigenvalue weighted by Gasteiger charge is 2.21. The topological polar surface area (TPSA) is 57.4 Å². The van der Waals surface area contributed by atoms with Gasteiger partial charge in [-0.2, -0.15) is 0 Å². The van der Waals surface area contributed by atoms with Crippen molar-refractivity contribution in [2.45, 2.75) is 19.6 Å². The maximum Gasteiger partial charge on any atom is 0.154 e. The Kier molecular flexibility index (Phi) is 11.2. The second-order valence-corrected chi connectivity index (χ2v) is 24.3. The molecule has 0 saturated carbocycles. The van der Waals surface area contributed by atoms with Crippen molar-refractivity contribution in [2.24, 2.45) is 0 Å². The van der Waals surface area contributed by atoms with E-state index >= 15 is 0 Å². The van der Waals surface area contributed by atoms with E-state index in [0.29, 0.717) is 0 Å². The molecule has 8 bridgehead atoms. The summed E-state index contributed by atoms with van der Waals surface area (Å²) in [5.41, 5.74) is 16.5. The Balaban J connectivity index is 1.42. The first kappa shape index (κ1) is 40.3. The molecule has 0 radical (unpaired) electrons. The Labute approximate surface area is 365 Å². The third-order valence-electron chi connectivity index (χ3n) is 11.2. The summed E-state index contributed by atoms with van der Waals surface area (Å²) in [5.74, 6) is 0. The van der Waals surface area contributed by atoms with Crippen LogP contribution in [0.15, 0.2) is 141 Å². The van der Waals surface area contributed by atoms with Crippen LogP contribution in [0, 0.1) is 0 Å². The zero-order valence-electron chi connectivity index (χ0n) is 35.4. The van der Waals surface area contributed by atoms with Gasteiger partial charge in [0.05, 0.1) is 22.8 Å². The van der Waals surface area contributed by atoms with E-state index in [9.17, 15) is 0 Å². The molecule has 298 valence electrons. The fourth-order valence-corrected chi connectivity index (χ4v) is 10.7. The van der Waals surface area contributed by atoms with Crippen LogP contribution in [0.4, 0.5) is 0 Å². The number of rotatable bonds is 8. The van der Waals surface area contributed by atoms with Crippen LogP contribution in [0.2, 0.25) is 0 Å². The van der Waals surface area contributed by atoms with E-state index < -0.39 is 0 Å². The highest BCUT2D eigenvalue weighted by Crippen LogP contribution is 2.39. The molecule has 0 unspecified atom stereocenters. The predicted octanol–water partition coefficient (Wildman–Crippen LogP) is 12.3. The SMILES string of the molecule is C[S+](C)c1ccc(-c2c3nc(c(-c4ccc([S+](C)C)cc4)c4ccc([nH]4)c(-c4ccc([S+](C)C)cc4)c4nc(c(-c5ccc([S+](C)C)cc5)c5ccc2[nH]5)C=C4)C=C3)cc1. The number of hydrogen-bond donors (Lipinski definition) is 2. The molecule has 0 amide bonds. The first-order valence-electron chi connectivity index (χ1n) is 19.9. The number of fused-ring (bicyclic) bond motifs is 8. The van der Waals surface area contributed by atoms with Gasteiger partial charge >= 0.3 is 0 Å². The molecule has 0 fully saturated rings. The van der Waals surface area contributed by atoms with Crippen LogP contribution in [0.3, 0.4) is 0 Å². The van der Waals surface area contributed by atoms with Crippen molar-refractivity contribution in [3.63, 3.8) is 0 Å². The quantitative estimate of drug-likeness (QED) is 0.150. The van der Waals surface area contributed by atoms with Crippen molar-refractivity contribution >= 4 is 90.0 Å². The molecule has 2 N–H and O–H groups in total. The van der Waals surface area contributed by atoms with Gasteiger partial charge in [0, 0.05) is 87.9 Å². The Morgan fingerprint density at radius 1 is 0.283 bits per heavy atom. The van der Waals surface area contributed by atoms with Gasteiger partial charge in [-0.15, -0.1) is 0 Å². The smallest absolute Gasteiger partial charge is 0.154 e. The molecule has 0 saturated heterocycles. The third kappa shape index (κ3) is 7.82. The molecular formula is C52H50N4S4+4.